The lowest BCUT2D eigenvalue weighted by Crippen LogP contribution is -1.99. The minimum atomic E-state index is -0.315. The van der Waals surface area contributed by atoms with E-state index >= 15 is 0 Å². The van der Waals surface area contributed by atoms with E-state index in [-0.39, 0.29) is 5.69 Å². The van der Waals surface area contributed by atoms with Crippen molar-refractivity contribution < 1.29 is 0 Å². The van der Waals surface area contributed by atoms with Gasteiger partial charge in [-0.1, -0.05) is 23.7 Å². The van der Waals surface area contributed by atoms with E-state index in [0.29, 0.717) is 27.5 Å². The molecule has 22 heavy (non-hydrogen) atoms. The normalized spacial score (nSPS) is 14.2. The van der Waals surface area contributed by atoms with Crippen LogP contribution in [0.4, 0.5) is 0 Å². The molecule has 0 amide bonds. The highest BCUT2D eigenvalue weighted by atomic mass is 35.5. The van der Waals surface area contributed by atoms with E-state index in [1.165, 1.54) is 18.4 Å². The van der Waals surface area contributed by atoms with Crippen LogP contribution < -0.4 is 5.69 Å². The van der Waals surface area contributed by atoms with Gasteiger partial charge in [0.25, 0.3) is 0 Å². The van der Waals surface area contributed by atoms with Crippen molar-refractivity contribution in [2.24, 2.45) is 0 Å². The smallest absolute Gasteiger partial charge is 0.306 e. The summed E-state index contributed by atoms with van der Waals surface area (Å²) in [5, 5.41) is 10.0. The lowest BCUT2D eigenvalue weighted by Gasteiger charge is -2.12. The number of imidazole rings is 1. The minimum absolute atomic E-state index is 0.315. The van der Waals surface area contributed by atoms with Crippen molar-refractivity contribution in [1.82, 2.24) is 9.97 Å². The van der Waals surface area contributed by atoms with E-state index < -0.39 is 0 Å². The highest BCUT2D eigenvalue weighted by molar-refractivity contribution is 6.33. The van der Waals surface area contributed by atoms with Crippen molar-refractivity contribution in [3.05, 3.63) is 57.0 Å². The van der Waals surface area contributed by atoms with Crippen LogP contribution in [0.25, 0.3) is 22.2 Å². The minimum Gasteiger partial charge on any atom is -0.306 e. The Bertz CT molecular complexity index is 989. The molecule has 0 unspecified atom stereocenters. The second-order valence-electron chi connectivity index (χ2n) is 5.62. The third kappa shape index (κ3) is 2.02. The molecule has 0 bridgehead atoms. The van der Waals surface area contributed by atoms with Crippen molar-refractivity contribution in [2.45, 2.75) is 18.8 Å². The second kappa shape index (κ2) is 4.75. The van der Waals surface area contributed by atoms with Crippen LogP contribution in [0.2, 0.25) is 5.02 Å². The molecule has 2 aromatic carbocycles. The van der Waals surface area contributed by atoms with Crippen LogP contribution in [0.1, 0.15) is 29.9 Å². The number of hydrogen-bond donors (Lipinski definition) is 2. The van der Waals surface area contributed by atoms with Crippen molar-refractivity contribution >= 4 is 22.6 Å². The molecule has 108 valence electrons. The molecular weight excluding hydrogens is 298 g/mol. The molecule has 0 saturated heterocycles. The summed E-state index contributed by atoms with van der Waals surface area (Å²) in [6.45, 7) is 0. The highest BCUT2D eigenvalue weighted by Crippen LogP contribution is 2.46. The Kier molecular flexibility index (Phi) is 2.85. The molecular formula is C17H12ClN3O. The van der Waals surface area contributed by atoms with E-state index in [1.807, 2.05) is 18.2 Å². The van der Waals surface area contributed by atoms with Gasteiger partial charge in [-0.05, 0) is 48.1 Å². The van der Waals surface area contributed by atoms with Gasteiger partial charge in [-0.15, -0.1) is 0 Å². The summed E-state index contributed by atoms with van der Waals surface area (Å²) in [5.74, 6) is 0.542. The first-order valence-corrected chi connectivity index (χ1v) is 7.50. The SMILES string of the molecule is N#Cc1cc(-c2c(Cl)cccc2C2CC2)cc2[nH]c(=O)[nH]c12. The van der Waals surface area contributed by atoms with E-state index in [0.717, 1.165) is 11.1 Å². The summed E-state index contributed by atoms with van der Waals surface area (Å²) in [5.41, 5.74) is 4.34. The summed E-state index contributed by atoms with van der Waals surface area (Å²) < 4.78 is 0. The standard InChI is InChI=1S/C17H12ClN3O/c18-13-3-1-2-12(9-4-5-9)15(13)10-6-11(8-19)16-14(7-10)20-17(22)21-16/h1-3,6-7,9H,4-5H2,(H2,20,21,22). The summed E-state index contributed by atoms with van der Waals surface area (Å²) in [7, 11) is 0. The van der Waals surface area contributed by atoms with Crippen LogP contribution in [0, 0.1) is 11.3 Å². The fourth-order valence-corrected chi connectivity index (χ4v) is 3.25. The largest absolute Gasteiger partial charge is 0.323 e. The van der Waals surface area contributed by atoms with Crippen LogP contribution in [-0.4, -0.2) is 9.97 Å². The molecule has 2 N–H and O–H groups in total. The predicted molar refractivity (Wildman–Crippen MR) is 86.1 cm³/mol. The van der Waals surface area contributed by atoms with Gasteiger partial charge in [0.05, 0.1) is 16.6 Å². The van der Waals surface area contributed by atoms with Crippen molar-refractivity contribution in [1.29, 1.82) is 5.26 Å². The maximum atomic E-state index is 11.5. The number of fused-ring (bicyclic) bond motifs is 1. The molecule has 1 fully saturated rings. The molecule has 1 aliphatic carbocycles. The number of nitriles is 1. The third-order valence-corrected chi connectivity index (χ3v) is 4.41. The Morgan fingerprint density at radius 3 is 2.77 bits per heavy atom. The van der Waals surface area contributed by atoms with Crippen LogP contribution >= 0.6 is 11.6 Å². The summed E-state index contributed by atoms with van der Waals surface area (Å²) in [4.78, 5) is 16.9. The van der Waals surface area contributed by atoms with Crippen LogP contribution in [-0.2, 0) is 0 Å². The number of aromatic nitrogens is 2. The summed E-state index contributed by atoms with van der Waals surface area (Å²) in [6.07, 6.45) is 2.34. The van der Waals surface area contributed by atoms with Gasteiger partial charge in [0.15, 0.2) is 0 Å². The zero-order chi connectivity index (χ0) is 15.3. The molecule has 0 atom stereocenters. The number of H-pyrrole nitrogens is 2. The second-order valence-corrected chi connectivity index (χ2v) is 6.02. The topological polar surface area (TPSA) is 72.4 Å². The zero-order valence-corrected chi connectivity index (χ0v) is 12.4. The maximum Gasteiger partial charge on any atom is 0.323 e. The Morgan fingerprint density at radius 1 is 1.23 bits per heavy atom. The molecule has 1 saturated carbocycles. The number of hydrogen-bond acceptors (Lipinski definition) is 2. The van der Waals surface area contributed by atoms with E-state index in [2.05, 4.69) is 22.1 Å². The highest BCUT2D eigenvalue weighted by Gasteiger charge is 2.27. The maximum absolute atomic E-state index is 11.5. The lowest BCUT2D eigenvalue weighted by atomic mass is 9.95. The molecule has 1 aromatic heterocycles. The summed E-state index contributed by atoms with van der Waals surface area (Å²) in [6, 6.07) is 11.7. The van der Waals surface area contributed by atoms with Crippen molar-refractivity contribution in [3.63, 3.8) is 0 Å². The van der Waals surface area contributed by atoms with Gasteiger partial charge in [0, 0.05) is 10.6 Å². The number of nitrogens with one attached hydrogen (secondary N) is 2. The van der Waals surface area contributed by atoms with Gasteiger partial charge in [-0.2, -0.15) is 5.26 Å². The molecule has 3 aromatic rings. The summed E-state index contributed by atoms with van der Waals surface area (Å²) >= 11 is 6.43. The van der Waals surface area contributed by atoms with Gasteiger partial charge < -0.3 is 9.97 Å². The monoisotopic (exact) mass is 309 g/mol. The first-order valence-electron chi connectivity index (χ1n) is 7.12. The van der Waals surface area contributed by atoms with E-state index in [9.17, 15) is 10.1 Å². The Morgan fingerprint density at radius 2 is 2.05 bits per heavy atom. The van der Waals surface area contributed by atoms with Gasteiger partial charge in [0.2, 0.25) is 0 Å². The molecule has 0 radical (unpaired) electrons. The van der Waals surface area contributed by atoms with Crippen LogP contribution in [0.15, 0.2) is 35.1 Å². The first kappa shape index (κ1) is 13.2. The Labute approximate surface area is 131 Å². The van der Waals surface area contributed by atoms with Gasteiger partial charge >= 0.3 is 5.69 Å². The molecule has 0 spiro atoms. The van der Waals surface area contributed by atoms with Gasteiger partial charge in [-0.3, -0.25) is 0 Å². The molecule has 0 aliphatic heterocycles. The van der Waals surface area contributed by atoms with E-state index in [1.54, 1.807) is 6.07 Å². The number of nitrogens with zero attached hydrogens (tertiary/aromatic N) is 1. The van der Waals surface area contributed by atoms with Gasteiger partial charge in [0.1, 0.15) is 6.07 Å². The lowest BCUT2D eigenvalue weighted by molar-refractivity contribution is 1.13. The molecule has 1 aliphatic rings. The fraction of sp³-hybridized carbons (Fsp3) is 0.176. The third-order valence-electron chi connectivity index (χ3n) is 4.10. The van der Waals surface area contributed by atoms with Crippen LogP contribution in [0.5, 0.6) is 0 Å². The predicted octanol–water partition coefficient (Wildman–Crippen LogP) is 3.93. The molecule has 1 heterocycles. The number of benzene rings is 2. The Balaban J connectivity index is 2.03. The Hall–Kier alpha value is -2.51. The zero-order valence-electron chi connectivity index (χ0n) is 11.6. The quantitative estimate of drug-likeness (QED) is 0.753. The molecule has 5 heteroatoms. The van der Waals surface area contributed by atoms with Crippen LogP contribution in [0.3, 0.4) is 0 Å². The van der Waals surface area contributed by atoms with Crippen molar-refractivity contribution in [2.75, 3.05) is 0 Å². The average Bonchev–Trinajstić information content (AvgIpc) is 3.27. The molecule has 4 nitrogen and oxygen atoms in total. The number of aromatic amines is 2. The van der Waals surface area contributed by atoms with E-state index in [4.69, 9.17) is 11.6 Å². The molecule has 4 rings (SSSR count). The number of rotatable bonds is 2. The fourth-order valence-electron chi connectivity index (χ4n) is 2.95. The average molecular weight is 310 g/mol. The van der Waals surface area contributed by atoms with Crippen molar-refractivity contribution in [3.8, 4) is 17.2 Å². The first-order chi connectivity index (χ1) is 10.7. The number of halogens is 1. The van der Waals surface area contributed by atoms with Gasteiger partial charge in [-0.25, -0.2) is 4.79 Å².